The fourth-order valence-electron chi connectivity index (χ4n) is 2.85. The maximum Gasteiger partial charge on any atom is 0.139 e. The first-order chi connectivity index (χ1) is 14.2. The molecule has 0 radical (unpaired) electrons. The highest BCUT2D eigenvalue weighted by atomic mass is 35.5. The molecule has 29 heavy (non-hydrogen) atoms. The lowest BCUT2D eigenvalue weighted by Crippen LogP contribution is -1.95. The molecule has 4 aromatic rings. The fraction of sp³-hybridized carbons (Fsp3) is 0. The van der Waals surface area contributed by atoms with Crippen LogP contribution in [0.3, 0.4) is 0 Å². The molecular weight excluding hydrogens is 405 g/mol. The first-order valence-corrected chi connectivity index (χ1v) is 9.46. The van der Waals surface area contributed by atoms with Crippen LogP contribution >= 0.6 is 23.2 Å². The van der Waals surface area contributed by atoms with E-state index in [9.17, 15) is 5.26 Å². The van der Waals surface area contributed by atoms with Gasteiger partial charge in [0.2, 0.25) is 0 Å². The zero-order chi connectivity index (χ0) is 20.2. The van der Waals surface area contributed by atoms with Crippen LogP contribution in [0.2, 0.25) is 10.2 Å². The van der Waals surface area contributed by atoms with Crippen molar-refractivity contribution in [1.29, 1.82) is 5.26 Å². The van der Waals surface area contributed by atoms with E-state index in [1.165, 1.54) is 0 Å². The van der Waals surface area contributed by atoms with Gasteiger partial charge in [0, 0.05) is 17.3 Å². The normalized spacial score (nSPS) is 10.4. The highest BCUT2D eigenvalue weighted by Gasteiger charge is 2.16. The molecule has 0 saturated carbocycles. The summed E-state index contributed by atoms with van der Waals surface area (Å²) in [6.07, 6.45) is 1.61. The summed E-state index contributed by atoms with van der Waals surface area (Å²) in [7, 11) is 0. The number of nitriles is 1. The first-order valence-electron chi connectivity index (χ1n) is 8.70. The number of pyridine rings is 2. The van der Waals surface area contributed by atoms with Gasteiger partial charge < -0.3 is 4.74 Å². The van der Waals surface area contributed by atoms with Crippen molar-refractivity contribution < 1.29 is 4.74 Å². The lowest BCUT2D eigenvalue weighted by atomic mass is 10.0. The molecule has 4 rings (SSSR count). The monoisotopic (exact) mass is 417 g/mol. The second-order valence-corrected chi connectivity index (χ2v) is 6.87. The number of nitrogens with zero attached hydrogens (tertiary/aromatic N) is 3. The summed E-state index contributed by atoms with van der Waals surface area (Å²) in [6.45, 7) is 0. The van der Waals surface area contributed by atoms with Crippen LogP contribution in [0.4, 0.5) is 0 Å². The highest BCUT2D eigenvalue weighted by molar-refractivity contribution is 6.35. The third-order valence-corrected chi connectivity index (χ3v) is 4.81. The molecule has 0 atom stereocenters. The average molecular weight is 418 g/mol. The third-order valence-electron chi connectivity index (χ3n) is 4.22. The predicted molar refractivity (Wildman–Crippen MR) is 114 cm³/mol. The van der Waals surface area contributed by atoms with E-state index in [4.69, 9.17) is 27.9 Å². The Morgan fingerprint density at radius 3 is 2.24 bits per heavy atom. The zero-order valence-electron chi connectivity index (χ0n) is 15.0. The van der Waals surface area contributed by atoms with Crippen LogP contribution in [-0.4, -0.2) is 9.97 Å². The number of hydrogen-bond donors (Lipinski definition) is 0. The average Bonchev–Trinajstić information content (AvgIpc) is 2.75. The summed E-state index contributed by atoms with van der Waals surface area (Å²) in [6, 6.07) is 24.1. The van der Waals surface area contributed by atoms with Gasteiger partial charge in [-0.05, 0) is 54.6 Å². The molecule has 0 N–H and O–H groups in total. The first kappa shape index (κ1) is 18.9. The Morgan fingerprint density at radius 1 is 0.828 bits per heavy atom. The number of ether oxygens (including phenoxy) is 1. The molecule has 0 aliphatic carbocycles. The SMILES string of the molecule is N#Cc1cc(-c2ncccc2Cl)c(Cl)nc1-c1ccc(Oc2ccccc2)cc1. The van der Waals surface area contributed by atoms with Gasteiger partial charge in [-0.1, -0.05) is 41.4 Å². The van der Waals surface area contributed by atoms with E-state index in [0.29, 0.717) is 33.3 Å². The molecule has 0 fully saturated rings. The molecule has 0 amide bonds. The van der Waals surface area contributed by atoms with Crippen molar-refractivity contribution in [3.63, 3.8) is 0 Å². The molecule has 0 spiro atoms. The van der Waals surface area contributed by atoms with Crippen LogP contribution < -0.4 is 4.74 Å². The second kappa shape index (κ2) is 8.32. The molecule has 2 aromatic heterocycles. The smallest absolute Gasteiger partial charge is 0.139 e. The Kier molecular flexibility index (Phi) is 5.44. The summed E-state index contributed by atoms with van der Waals surface area (Å²) in [5.74, 6) is 1.43. The zero-order valence-corrected chi connectivity index (χ0v) is 16.5. The van der Waals surface area contributed by atoms with E-state index in [1.54, 1.807) is 24.4 Å². The number of para-hydroxylation sites is 1. The molecule has 0 aliphatic rings. The van der Waals surface area contributed by atoms with Gasteiger partial charge in [-0.3, -0.25) is 4.98 Å². The lowest BCUT2D eigenvalue weighted by molar-refractivity contribution is 0.483. The van der Waals surface area contributed by atoms with Gasteiger partial charge in [0.15, 0.2) is 0 Å². The van der Waals surface area contributed by atoms with Crippen molar-refractivity contribution >= 4 is 23.2 Å². The Morgan fingerprint density at radius 2 is 1.55 bits per heavy atom. The van der Waals surface area contributed by atoms with Gasteiger partial charge in [-0.25, -0.2) is 4.98 Å². The van der Waals surface area contributed by atoms with Crippen LogP contribution in [0.25, 0.3) is 22.5 Å². The maximum atomic E-state index is 9.65. The topological polar surface area (TPSA) is 58.8 Å². The van der Waals surface area contributed by atoms with E-state index in [1.807, 2.05) is 54.6 Å². The van der Waals surface area contributed by atoms with Crippen LogP contribution in [-0.2, 0) is 0 Å². The van der Waals surface area contributed by atoms with E-state index in [2.05, 4.69) is 16.0 Å². The Bertz CT molecular complexity index is 1200. The molecule has 6 heteroatoms. The summed E-state index contributed by atoms with van der Waals surface area (Å²) in [5.41, 5.74) is 2.62. The molecule has 4 nitrogen and oxygen atoms in total. The minimum absolute atomic E-state index is 0.226. The molecular formula is C23H13Cl2N3O. The number of hydrogen-bond acceptors (Lipinski definition) is 4. The summed E-state index contributed by atoms with van der Waals surface area (Å²) < 4.78 is 5.81. The van der Waals surface area contributed by atoms with Crippen LogP contribution in [0.5, 0.6) is 11.5 Å². The van der Waals surface area contributed by atoms with Crippen LogP contribution in [0.15, 0.2) is 79.0 Å². The highest BCUT2D eigenvalue weighted by Crippen LogP contribution is 2.35. The van der Waals surface area contributed by atoms with E-state index >= 15 is 0 Å². The van der Waals surface area contributed by atoms with Crippen molar-refractivity contribution in [2.75, 3.05) is 0 Å². The standard InChI is InChI=1S/C23H13Cl2N3O/c24-20-7-4-12-27-22(20)19-13-16(14-26)21(28-23(19)25)15-8-10-18(11-9-15)29-17-5-2-1-3-6-17/h1-13H. The molecule has 0 unspecified atom stereocenters. The minimum Gasteiger partial charge on any atom is -0.457 e. The molecule has 2 aromatic carbocycles. The van der Waals surface area contributed by atoms with Crippen molar-refractivity contribution in [3.8, 4) is 40.1 Å². The fourth-order valence-corrected chi connectivity index (χ4v) is 3.30. The van der Waals surface area contributed by atoms with Gasteiger partial charge in [0.05, 0.1) is 22.0 Å². The molecule has 0 saturated heterocycles. The van der Waals surface area contributed by atoms with Gasteiger partial charge in [-0.15, -0.1) is 0 Å². The van der Waals surface area contributed by atoms with Gasteiger partial charge in [-0.2, -0.15) is 5.26 Å². The predicted octanol–water partition coefficient (Wildman–Crippen LogP) is 6.78. The molecule has 2 heterocycles. The largest absolute Gasteiger partial charge is 0.457 e. The number of aromatic nitrogens is 2. The molecule has 0 aliphatic heterocycles. The Hall–Kier alpha value is -3.39. The maximum absolute atomic E-state index is 9.65. The van der Waals surface area contributed by atoms with Crippen molar-refractivity contribution in [2.24, 2.45) is 0 Å². The van der Waals surface area contributed by atoms with Crippen LogP contribution in [0, 0.1) is 11.3 Å². The van der Waals surface area contributed by atoms with E-state index < -0.39 is 0 Å². The molecule has 140 valence electrons. The number of rotatable bonds is 4. The lowest BCUT2D eigenvalue weighted by Gasteiger charge is -2.11. The molecule has 0 bridgehead atoms. The third kappa shape index (κ3) is 4.07. The minimum atomic E-state index is 0.226. The van der Waals surface area contributed by atoms with Gasteiger partial charge in [0.1, 0.15) is 22.7 Å². The van der Waals surface area contributed by atoms with E-state index in [-0.39, 0.29) is 5.15 Å². The van der Waals surface area contributed by atoms with E-state index in [0.717, 1.165) is 11.3 Å². The van der Waals surface area contributed by atoms with Crippen molar-refractivity contribution in [3.05, 3.63) is 94.7 Å². The Balaban J connectivity index is 1.69. The Labute approximate surface area is 178 Å². The van der Waals surface area contributed by atoms with Crippen LogP contribution in [0.1, 0.15) is 5.56 Å². The second-order valence-electron chi connectivity index (χ2n) is 6.11. The van der Waals surface area contributed by atoms with Crippen molar-refractivity contribution in [2.45, 2.75) is 0 Å². The van der Waals surface area contributed by atoms with Gasteiger partial charge >= 0.3 is 0 Å². The van der Waals surface area contributed by atoms with Gasteiger partial charge in [0.25, 0.3) is 0 Å². The number of benzene rings is 2. The summed E-state index contributed by atoms with van der Waals surface area (Å²) >= 11 is 12.6. The summed E-state index contributed by atoms with van der Waals surface area (Å²) in [4.78, 5) is 8.71. The quantitative estimate of drug-likeness (QED) is 0.343. The summed E-state index contributed by atoms with van der Waals surface area (Å²) in [5, 5.41) is 10.3. The van der Waals surface area contributed by atoms with Crippen molar-refractivity contribution in [1.82, 2.24) is 9.97 Å². The number of halogens is 2.